The number of ether oxygens (including phenoxy) is 1. The molecule has 2 aliphatic heterocycles. The lowest BCUT2D eigenvalue weighted by atomic mass is 9.90. The summed E-state index contributed by atoms with van der Waals surface area (Å²) in [4.78, 5) is 18.9. The Hall–Kier alpha value is -3.67. The van der Waals surface area contributed by atoms with Crippen LogP contribution in [-0.4, -0.2) is 51.0 Å². The molecule has 0 saturated carbocycles. The first-order valence-corrected chi connectivity index (χ1v) is 10.6. The number of benzene rings is 1. The summed E-state index contributed by atoms with van der Waals surface area (Å²) in [5.41, 5.74) is -3.85. The summed E-state index contributed by atoms with van der Waals surface area (Å²) in [7, 11) is 1.31. The van der Waals surface area contributed by atoms with E-state index in [1.54, 1.807) is 18.3 Å². The molecule has 1 saturated heterocycles. The Balaban J connectivity index is 1.41. The fourth-order valence-electron chi connectivity index (χ4n) is 4.09. The first-order chi connectivity index (χ1) is 16.1. The van der Waals surface area contributed by atoms with Gasteiger partial charge in [-0.25, -0.2) is 14.2 Å². The van der Waals surface area contributed by atoms with Gasteiger partial charge in [-0.3, -0.25) is 4.90 Å². The van der Waals surface area contributed by atoms with Crippen molar-refractivity contribution >= 4 is 17.5 Å². The van der Waals surface area contributed by atoms with E-state index in [0.29, 0.717) is 24.7 Å². The molecule has 3 aromatic rings. The van der Waals surface area contributed by atoms with Crippen LogP contribution < -0.4 is 20.3 Å². The van der Waals surface area contributed by atoms with Crippen molar-refractivity contribution < 1.29 is 22.7 Å². The molecule has 5 rings (SSSR count). The number of aromatic nitrogens is 4. The van der Waals surface area contributed by atoms with Crippen molar-refractivity contribution in [1.82, 2.24) is 25.1 Å². The number of hydrogen-bond acceptors (Lipinski definition) is 6. The summed E-state index contributed by atoms with van der Waals surface area (Å²) >= 11 is 0. The van der Waals surface area contributed by atoms with Crippen LogP contribution in [0.1, 0.15) is 18.3 Å². The van der Waals surface area contributed by atoms with E-state index in [-0.39, 0.29) is 17.8 Å². The molecule has 1 fully saturated rings. The zero-order valence-electron chi connectivity index (χ0n) is 18.4. The third-order valence-corrected chi connectivity index (χ3v) is 6.16. The van der Waals surface area contributed by atoms with Crippen molar-refractivity contribution in [3.8, 4) is 5.75 Å². The Bertz CT molecular complexity index is 1240. The number of hydrogen-bond donors (Lipinski definition) is 2. The van der Waals surface area contributed by atoms with Crippen LogP contribution in [0.2, 0.25) is 0 Å². The first-order valence-electron chi connectivity index (χ1n) is 10.6. The molecule has 12 heteroatoms. The second-order valence-corrected chi connectivity index (χ2v) is 8.65. The van der Waals surface area contributed by atoms with E-state index in [1.165, 1.54) is 36.2 Å². The molecule has 0 radical (unpaired) electrons. The predicted molar refractivity (Wildman–Crippen MR) is 117 cm³/mol. The van der Waals surface area contributed by atoms with Crippen LogP contribution in [0.4, 0.5) is 29.5 Å². The molecule has 0 bridgehead atoms. The second-order valence-electron chi connectivity index (χ2n) is 8.65. The number of urea groups is 1. The zero-order chi connectivity index (χ0) is 24.1. The summed E-state index contributed by atoms with van der Waals surface area (Å²) in [5, 5.41) is 12.6. The van der Waals surface area contributed by atoms with Gasteiger partial charge in [0, 0.05) is 32.0 Å². The number of carbonyl (C=O) groups is 1. The Morgan fingerprint density at radius 3 is 2.71 bits per heavy atom. The number of amides is 2. The third-order valence-electron chi connectivity index (χ3n) is 6.16. The van der Waals surface area contributed by atoms with Crippen LogP contribution in [-0.2, 0) is 18.6 Å². The normalized spacial score (nSPS) is 18.4. The van der Waals surface area contributed by atoms with E-state index < -0.39 is 29.0 Å². The van der Waals surface area contributed by atoms with E-state index in [2.05, 4.69) is 25.8 Å². The van der Waals surface area contributed by atoms with E-state index in [4.69, 9.17) is 4.74 Å². The molecule has 9 nitrogen and oxygen atoms in total. The SMILES string of the molecule is Cn1cnnc1C(F)(F)[C@](C)(F)c1cccc(NC(=O)N2CC3(CNC3)Oc3cccnc32)c1. The van der Waals surface area contributed by atoms with Crippen LogP contribution in [0.25, 0.3) is 0 Å². The Morgan fingerprint density at radius 2 is 2.03 bits per heavy atom. The minimum absolute atomic E-state index is 0.157. The fraction of sp³-hybridized carbons (Fsp3) is 0.364. The number of rotatable bonds is 4. The van der Waals surface area contributed by atoms with E-state index in [9.17, 15) is 4.79 Å². The van der Waals surface area contributed by atoms with E-state index >= 15 is 13.2 Å². The number of pyridine rings is 1. The maximum Gasteiger partial charge on any atom is 0.343 e. The van der Waals surface area contributed by atoms with Gasteiger partial charge < -0.3 is 19.9 Å². The molecule has 1 atom stereocenters. The Kier molecular flexibility index (Phi) is 5.01. The Morgan fingerprint density at radius 1 is 1.24 bits per heavy atom. The molecule has 1 aromatic carbocycles. The highest BCUT2D eigenvalue weighted by Crippen LogP contribution is 2.47. The van der Waals surface area contributed by atoms with Gasteiger partial charge in [-0.05, 0) is 36.8 Å². The molecule has 2 amide bonds. The number of halogens is 3. The average molecular weight is 473 g/mol. The number of aryl methyl sites for hydroxylation is 1. The molecule has 178 valence electrons. The molecule has 1 spiro atoms. The third kappa shape index (κ3) is 3.45. The Labute approximate surface area is 192 Å². The minimum atomic E-state index is -3.97. The molecular weight excluding hydrogens is 451 g/mol. The van der Waals surface area contributed by atoms with E-state index in [1.807, 2.05) is 0 Å². The summed E-state index contributed by atoms with van der Waals surface area (Å²) in [5.74, 6) is -3.96. The van der Waals surface area contributed by atoms with Gasteiger partial charge in [-0.15, -0.1) is 10.2 Å². The number of nitrogens with zero attached hydrogens (tertiary/aromatic N) is 5. The monoisotopic (exact) mass is 473 g/mol. The van der Waals surface area contributed by atoms with Gasteiger partial charge in [0.15, 0.2) is 17.2 Å². The standard InChI is InChI=1S/C22H22F3N7O2/c1-20(23,22(24,25)18-30-28-13-31(18)2)14-5-3-6-15(9-14)29-19(33)32-12-21(10-26-11-21)34-16-7-4-8-27-17(16)32/h3-9,13,26H,10-12H2,1-2H3,(H,29,33)/t20-/m1/s1. The minimum Gasteiger partial charge on any atom is -0.479 e. The number of alkyl halides is 3. The quantitative estimate of drug-likeness (QED) is 0.605. The predicted octanol–water partition coefficient (Wildman–Crippen LogP) is 2.96. The van der Waals surface area contributed by atoms with Crippen molar-refractivity contribution in [2.75, 3.05) is 29.9 Å². The molecule has 34 heavy (non-hydrogen) atoms. The summed E-state index contributed by atoms with van der Waals surface area (Å²) in [6.07, 6.45) is 2.62. The molecule has 0 unspecified atom stereocenters. The van der Waals surface area contributed by atoms with Crippen molar-refractivity contribution in [3.63, 3.8) is 0 Å². The number of carbonyl (C=O) groups excluding carboxylic acids is 1. The second kappa shape index (κ2) is 7.69. The van der Waals surface area contributed by atoms with Gasteiger partial charge in [0.25, 0.3) is 0 Å². The maximum absolute atomic E-state index is 15.6. The van der Waals surface area contributed by atoms with Crippen LogP contribution in [0.3, 0.4) is 0 Å². The van der Waals surface area contributed by atoms with Gasteiger partial charge >= 0.3 is 12.0 Å². The molecule has 0 aliphatic carbocycles. The van der Waals surface area contributed by atoms with Crippen molar-refractivity contribution in [3.05, 3.63) is 60.3 Å². The summed E-state index contributed by atoms with van der Waals surface area (Å²) in [6.45, 7) is 2.16. The lowest BCUT2D eigenvalue weighted by molar-refractivity contribution is -0.149. The van der Waals surface area contributed by atoms with Crippen molar-refractivity contribution in [1.29, 1.82) is 0 Å². The van der Waals surface area contributed by atoms with Gasteiger partial charge in [-0.1, -0.05) is 12.1 Å². The smallest absolute Gasteiger partial charge is 0.343 e. The van der Waals surface area contributed by atoms with Crippen LogP contribution in [0.5, 0.6) is 5.75 Å². The van der Waals surface area contributed by atoms with Gasteiger partial charge in [0.2, 0.25) is 11.5 Å². The fourth-order valence-corrected chi connectivity index (χ4v) is 4.09. The van der Waals surface area contributed by atoms with Gasteiger partial charge in [0.1, 0.15) is 6.33 Å². The number of fused-ring (bicyclic) bond motifs is 1. The lowest BCUT2D eigenvalue weighted by Crippen LogP contribution is -2.70. The summed E-state index contributed by atoms with van der Waals surface area (Å²) in [6, 6.07) is 8.22. The van der Waals surface area contributed by atoms with Crippen LogP contribution >= 0.6 is 0 Å². The molecule has 2 aromatic heterocycles. The van der Waals surface area contributed by atoms with Crippen molar-refractivity contribution in [2.24, 2.45) is 7.05 Å². The summed E-state index contributed by atoms with van der Waals surface area (Å²) < 4.78 is 52.7. The number of anilines is 2. The zero-order valence-corrected chi connectivity index (χ0v) is 18.4. The number of nitrogens with one attached hydrogen (secondary N) is 2. The van der Waals surface area contributed by atoms with Crippen molar-refractivity contribution in [2.45, 2.75) is 24.1 Å². The largest absolute Gasteiger partial charge is 0.479 e. The van der Waals surface area contributed by atoms with E-state index in [0.717, 1.165) is 17.8 Å². The topological polar surface area (TPSA) is 97.2 Å². The highest BCUT2D eigenvalue weighted by molar-refractivity contribution is 6.02. The molecule has 2 aliphatic rings. The maximum atomic E-state index is 15.6. The molecular formula is C22H22F3N7O2. The molecule has 2 N–H and O–H groups in total. The highest BCUT2D eigenvalue weighted by Gasteiger charge is 2.57. The van der Waals surface area contributed by atoms with Crippen LogP contribution in [0, 0.1) is 0 Å². The van der Waals surface area contributed by atoms with Crippen LogP contribution in [0.15, 0.2) is 48.9 Å². The molecule has 4 heterocycles. The van der Waals surface area contributed by atoms with Gasteiger partial charge in [0.05, 0.1) is 6.54 Å². The highest BCUT2D eigenvalue weighted by atomic mass is 19.3. The van der Waals surface area contributed by atoms with Gasteiger partial charge in [-0.2, -0.15) is 8.78 Å². The lowest BCUT2D eigenvalue weighted by Gasteiger charge is -2.48. The average Bonchev–Trinajstić information content (AvgIpc) is 3.24. The first kappa shape index (κ1) is 22.1.